The zero-order chi connectivity index (χ0) is 13.4. The molecule has 0 unspecified atom stereocenters. The SMILES string of the molecule is CCc1cccc(NC(N)=NCCNC(C)=O)c1.I. The minimum absolute atomic E-state index is 0. The monoisotopic (exact) mass is 376 g/mol. The highest BCUT2D eigenvalue weighted by molar-refractivity contribution is 14.0. The number of aryl methyl sites for hydroxylation is 1. The first kappa shape index (κ1) is 17.7. The quantitative estimate of drug-likeness (QED) is 0.317. The summed E-state index contributed by atoms with van der Waals surface area (Å²) in [4.78, 5) is 14.8. The van der Waals surface area contributed by atoms with Crippen LogP contribution in [0.3, 0.4) is 0 Å². The van der Waals surface area contributed by atoms with E-state index in [-0.39, 0.29) is 29.9 Å². The molecule has 0 heterocycles. The van der Waals surface area contributed by atoms with Crippen LogP contribution in [0.1, 0.15) is 19.4 Å². The van der Waals surface area contributed by atoms with Gasteiger partial charge in [0.2, 0.25) is 5.91 Å². The summed E-state index contributed by atoms with van der Waals surface area (Å²) >= 11 is 0. The van der Waals surface area contributed by atoms with Crippen molar-refractivity contribution in [3.05, 3.63) is 29.8 Å². The molecule has 0 aliphatic carbocycles. The second kappa shape index (κ2) is 9.60. The zero-order valence-corrected chi connectivity index (χ0v) is 13.6. The number of carbonyl (C=O) groups is 1. The van der Waals surface area contributed by atoms with E-state index in [1.807, 2.05) is 18.2 Å². The van der Waals surface area contributed by atoms with Crippen molar-refractivity contribution < 1.29 is 4.79 Å². The Kier molecular flexibility index (Phi) is 8.94. The Bertz CT molecular complexity index is 434. The summed E-state index contributed by atoms with van der Waals surface area (Å²) in [5.41, 5.74) is 7.91. The minimum Gasteiger partial charge on any atom is -0.370 e. The third kappa shape index (κ3) is 7.66. The fourth-order valence-electron chi connectivity index (χ4n) is 1.46. The summed E-state index contributed by atoms with van der Waals surface area (Å²) in [6.07, 6.45) is 0.981. The zero-order valence-electron chi connectivity index (χ0n) is 11.3. The van der Waals surface area contributed by atoms with Gasteiger partial charge in [-0.25, -0.2) is 0 Å². The lowest BCUT2D eigenvalue weighted by atomic mass is 10.1. The van der Waals surface area contributed by atoms with E-state index in [2.05, 4.69) is 28.6 Å². The van der Waals surface area contributed by atoms with Gasteiger partial charge in [-0.1, -0.05) is 19.1 Å². The van der Waals surface area contributed by atoms with Crippen LogP contribution < -0.4 is 16.4 Å². The van der Waals surface area contributed by atoms with Crippen LogP contribution in [0.5, 0.6) is 0 Å². The maximum atomic E-state index is 10.6. The lowest BCUT2D eigenvalue weighted by Crippen LogP contribution is -2.26. The Hall–Kier alpha value is -1.31. The highest BCUT2D eigenvalue weighted by atomic mass is 127. The molecule has 106 valence electrons. The number of benzene rings is 1. The van der Waals surface area contributed by atoms with Gasteiger partial charge in [0.1, 0.15) is 0 Å². The van der Waals surface area contributed by atoms with Crippen LogP contribution in [-0.2, 0) is 11.2 Å². The van der Waals surface area contributed by atoms with Crippen molar-refractivity contribution in [3.8, 4) is 0 Å². The van der Waals surface area contributed by atoms with Crippen LogP contribution in [0.4, 0.5) is 5.69 Å². The third-order valence-corrected chi connectivity index (χ3v) is 2.38. The number of nitrogens with zero attached hydrogens (tertiary/aromatic N) is 1. The number of rotatable bonds is 5. The highest BCUT2D eigenvalue weighted by Crippen LogP contribution is 2.10. The molecule has 0 saturated carbocycles. The first-order valence-electron chi connectivity index (χ1n) is 6.02. The van der Waals surface area contributed by atoms with Crippen molar-refractivity contribution in [1.82, 2.24) is 5.32 Å². The maximum Gasteiger partial charge on any atom is 0.216 e. The molecule has 0 aliphatic rings. The smallest absolute Gasteiger partial charge is 0.216 e. The van der Waals surface area contributed by atoms with Crippen molar-refractivity contribution in [1.29, 1.82) is 0 Å². The van der Waals surface area contributed by atoms with Gasteiger partial charge >= 0.3 is 0 Å². The molecule has 0 radical (unpaired) electrons. The van der Waals surface area contributed by atoms with Gasteiger partial charge in [-0.2, -0.15) is 0 Å². The van der Waals surface area contributed by atoms with Gasteiger partial charge in [0, 0.05) is 19.2 Å². The summed E-state index contributed by atoms with van der Waals surface area (Å²) in [7, 11) is 0. The van der Waals surface area contributed by atoms with Crippen LogP contribution in [0.15, 0.2) is 29.3 Å². The van der Waals surface area contributed by atoms with Gasteiger partial charge in [-0.15, -0.1) is 24.0 Å². The summed E-state index contributed by atoms with van der Waals surface area (Å²) in [6, 6.07) is 8.02. The molecule has 1 aromatic carbocycles. The van der Waals surface area contributed by atoms with Crippen molar-refractivity contribution in [2.24, 2.45) is 10.7 Å². The number of nitrogens with two attached hydrogens (primary N) is 1. The Morgan fingerprint density at radius 1 is 1.42 bits per heavy atom. The Morgan fingerprint density at radius 3 is 2.79 bits per heavy atom. The Balaban J connectivity index is 0.00000324. The highest BCUT2D eigenvalue weighted by Gasteiger charge is 1.96. The average Bonchev–Trinajstić information content (AvgIpc) is 2.34. The van der Waals surface area contributed by atoms with Gasteiger partial charge in [-0.05, 0) is 24.1 Å². The van der Waals surface area contributed by atoms with Crippen LogP contribution >= 0.6 is 24.0 Å². The summed E-state index contributed by atoms with van der Waals surface area (Å²) < 4.78 is 0. The third-order valence-electron chi connectivity index (χ3n) is 2.38. The van der Waals surface area contributed by atoms with Crippen molar-refractivity contribution in [2.75, 3.05) is 18.4 Å². The van der Waals surface area contributed by atoms with E-state index in [1.165, 1.54) is 12.5 Å². The number of anilines is 1. The van der Waals surface area contributed by atoms with E-state index in [4.69, 9.17) is 5.73 Å². The van der Waals surface area contributed by atoms with E-state index in [0.717, 1.165) is 12.1 Å². The number of amides is 1. The molecule has 0 bridgehead atoms. The molecule has 1 amide bonds. The number of nitrogens with one attached hydrogen (secondary N) is 2. The molecule has 0 fully saturated rings. The molecule has 0 aliphatic heterocycles. The molecular formula is C13H21IN4O. The van der Waals surface area contributed by atoms with E-state index < -0.39 is 0 Å². The molecule has 1 rings (SSSR count). The first-order chi connectivity index (χ1) is 8.61. The molecule has 0 spiro atoms. The minimum atomic E-state index is -0.0626. The standard InChI is InChI=1S/C13H20N4O.HI/c1-3-11-5-4-6-12(9-11)17-13(14)16-8-7-15-10(2)18;/h4-6,9H,3,7-8H2,1-2H3,(H,15,18)(H3,14,16,17);1H. The molecule has 1 aromatic rings. The van der Waals surface area contributed by atoms with E-state index in [9.17, 15) is 4.79 Å². The van der Waals surface area contributed by atoms with Gasteiger partial charge in [-0.3, -0.25) is 9.79 Å². The molecule has 0 saturated heterocycles. The van der Waals surface area contributed by atoms with Crippen molar-refractivity contribution in [3.63, 3.8) is 0 Å². The molecule has 0 atom stereocenters. The Labute approximate surface area is 131 Å². The number of aliphatic imine (C=N–C) groups is 1. The lowest BCUT2D eigenvalue weighted by Gasteiger charge is -2.07. The van der Waals surface area contributed by atoms with E-state index in [0.29, 0.717) is 19.0 Å². The van der Waals surface area contributed by atoms with Gasteiger partial charge in [0.25, 0.3) is 0 Å². The second-order valence-corrected chi connectivity index (χ2v) is 3.93. The van der Waals surface area contributed by atoms with Crippen LogP contribution in [0, 0.1) is 0 Å². The second-order valence-electron chi connectivity index (χ2n) is 3.93. The summed E-state index contributed by atoms with van der Waals surface area (Å²) in [5.74, 6) is 0.293. The molecule has 5 nitrogen and oxygen atoms in total. The summed E-state index contributed by atoms with van der Waals surface area (Å²) in [6.45, 7) is 4.53. The normalized spacial score (nSPS) is 10.5. The summed E-state index contributed by atoms with van der Waals surface area (Å²) in [5, 5.41) is 5.67. The molecule has 19 heavy (non-hydrogen) atoms. The number of carbonyl (C=O) groups excluding carboxylic acids is 1. The lowest BCUT2D eigenvalue weighted by molar-refractivity contribution is -0.118. The average molecular weight is 376 g/mol. The number of hydrogen-bond acceptors (Lipinski definition) is 2. The van der Waals surface area contributed by atoms with Crippen LogP contribution in [0.25, 0.3) is 0 Å². The predicted molar refractivity (Wildman–Crippen MR) is 90.0 cm³/mol. The van der Waals surface area contributed by atoms with Crippen molar-refractivity contribution in [2.45, 2.75) is 20.3 Å². The van der Waals surface area contributed by atoms with E-state index >= 15 is 0 Å². The fourth-order valence-corrected chi connectivity index (χ4v) is 1.46. The maximum absolute atomic E-state index is 10.6. The largest absolute Gasteiger partial charge is 0.370 e. The number of hydrogen-bond donors (Lipinski definition) is 3. The van der Waals surface area contributed by atoms with Crippen LogP contribution in [-0.4, -0.2) is 25.0 Å². The topological polar surface area (TPSA) is 79.5 Å². The van der Waals surface area contributed by atoms with Gasteiger partial charge in [0.05, 0.1) is 6.54 Å². The number of guanidine groups is 1. The first-order valence-corrected chi connectivity index (χ1v) is 6.02. The fraction of sp³-hybridized carbons (Fsp3) is 0.385. The molecule has 6 heteroatoms. The van der Waals surface area contributed by atoms with E-state index in [1.54, 1.807) is 0 Å². The molecular weight excluding hydrogens is 355 g/mol. The predicted octanol–water partition coefficient (Wildman–Crippen LogP) is 1.73. The van der Waals surface area contributed by atoms with Crippen LogP contribution in [0.2, 0.25) is 0 Å². The number of halogens is 1. The molecule has 4 N–H and O–H groups in total. The molecule has 0 aromatic heterocycles. The van der Waals surface area contributed by atoms with Gasteiger partial charge in [0.15, 0.2) is 5.96 Å². The van der Waals surface area contributed by atoms with Gasteiger partial charge < -0.3 is 16.4 Å². The van der Waals surface area contributed by atoms with Crippen molar-refractivity contribution >= 4 is 41.5 Å². The Morgan fingerprint density at radius 2 is 2.16 bits per heavy atom.